The van der Waals surface area contributed by atoms with Crippen molar-refractivity contribution >= 4 is 29.0 Å². The van der Waals surface area contributed by atoms with Crippen LogP contribution < -0.4 is 15.5 Å². The molecular weight excluding hydrogens is 438 g/mol. The van der Waals surface area contributed by atoms with Gasteiger partial charge in [-0.3, -0.25) is 4.79 Å². The zero-order valence-electron chi connectivity index (χ0n) is 19.6. The minimum Gasteiger partial charge on any atom is -0.378 e. The van der Waals surface area contributed by atoms with Crippen LogP contribution in [0.15, 0.2) is 84.9 Å². The second-order valence-electron chi connectivity index (χ2n) is 8.39. The molecule has 4 aromatic rings. The molecule has 35 heavy (non-hydrogen) atoms. The van der Waals surface area contributed by atoms with E-state index in [1.807, 2.05) is 79.7 Å². The first kappa shape index (κ1) is 22.6. The molecule has 3 aromatic carbocycles. The number of rotatable bonds is 6. The third-order valence-electron chi connectivity index (χ3n) is 5.81. The number of carbonyl (C=O) groups excluding carboxylic acids is 1. The smallest absolute Gasteiger partial charge is 0.255 e. The van der Waals surface area contributed by atoms with E-state index in [0.717, 1.165) is 47.1 Å². The van der Waals surface area contributed by atoms with Crippen LogP contribution in [0.4, 0.5) is 23.1 Å². The Morgan fingerprint density at radius 2 is 1.49 bits per heavy atom. The third-order valence-corrected chi connectivity index (χ3v) is 5.81. The summed E-state index contributed by atoms with van der Waals surface area (Å²) in [4.78, 5) is 24.1. The lowest BCUT2D eigenvalue weighted by molar-refractivity contribution is 0.102. The van der Waals surface area contributed by atoms with Gasteiger partial charge in [0, 0.05) is 41.8 Å². The fourth-order valence-corrected chi connectivity index (χ4v) is 3.95. The van der Waals surface area contributed by atoms with Gasteiger partial charge in [0.15, 0.2) is 0 Å². The van der Waals surface area contributed by atoms with Gasteiger partial charge in [0.25, 0.3) is 5.91 Å². The predicted molar refractivity (Wildman–Crippen MR) is 139 cm³/mol. The Morgan fingerprint density at radius 1 is 0.829 bits per heavy atom. The van der Waals surface area contributed by atoms with Gasteiger partial charge in [-0.1, -0.05) is 42.5 Å². The number of anilines is 4. The zero-order chi connectivity index (χ0) is 24.0. The molecule has 1 amide bonds. The van der Waals surface area contributed by atoms with Gasteiger partial charge in [0.2, 0.25) is 5.95 Å². The molecule has 1 aliphatic heterocycles. The van der Waals surface area contributed by atoms with Crippen molar-refractivity contribution in [2.24, 2.45) is 0 Å². The molecule has 1 saturated heterocycles. The predicted octanol–water partition coefficient (Wildman–Crippen LogP) is 5.28. The Balaban J connectivity index is 1.22. The minimum atomic E-state index is -0.146. The van der Waals surface area contributed by atoms with Gasteiger partial charge in [-0.2, -0.15) is 4.98 Å². The molecule has 7 nitrogen and oxygen atoms in total. The monoisotopic (exact) mass is 465 g/mol. The molecule has 176 valence electrons. The number of nitrogens with zero attached hydrogens (tertiary/aromatic N) is 3. The highest BCUT2D eigenvalue weighted by Crippen LogP contribution is 2.22. The van der Waals surface area contributed by atoms with E-state index in [1.54, 1.807) is 0 Å². The lowest BCUT2D eigenvalue weighted by Gasteiger charge is -2.27. The summed E-state index contributed by atoms with van der Waals surface area (Å²) in [6.45, 7) is 4.90. The highest BCUT2D eigenvalue weighted by Gasteiger charge is 2.15. The number of benzene rings is 3. The number of hydrogen-bond donors (Lipinski definition) is 2. The number of nitrogens with one attached hydrogen (secondary N) is 2. The van der Waals surface area contributed by atoms with E-state index < -0.39 is 0 Å². The number of hydrogen-bond acceptors (Lipinski definition) is 6. The molecule has 0 atom stereocenters. The van der Waals surface area contributed by atoms with Crippen LogP contribution in [0.2, 0.25) is 0 Å². The summed E-state index contributed by atoms with van der Waals surface area (Å²) < 4.78 is 5.42. The van der Waals surface area contributed by atoms with Crippen LogP contribution in [0, 0.1) is 6.92 Å². The quantitative estimate of drug-likeness (QED) is 0.403. The van der Waals surface area contributed by atoms with Crippen LogP contribution in [0.3, 0.4) is 0 Å². The van der Waals surface area contributed by atoms with Crippen LogP contribution in [0.25, 0.3) is 11.1 Å². The average Bonchev–Trinajstić information content (AvgIpc) is 2.90. The molecule has 1 fully saturated rings. The summed E-state index contributed by atoms with van der Waals surface area (Å²) in [6.07, 6.45) is 0. The third kappa shape index (κ3) is 5.65. The maximum absolute atomic E-state index is 12.7. The summed E-state index contributed by atoms with van der Waals surface area (Å²) in [5.74, 6) is 1.29. The first-order valence-electron chi connectivity index (χ1n) is 11.7. The molecule has 0 aliphatic carbocycles. The highest BCUT2D eigenvalue weighted by molar-refractivity contribution is 6.04. The van der Waals surface area contributed by atoms with Gasteiger partial charge in [0.1, 0.15) is 5.82 Å². The molecule has 0 radical (unpaired) electrons. The largest absolute Gasteiger partial charge is 0.378 e. The number of aryl methyl sites for hydroxylation is 1. The van der Waals surface area contributed by atoms with Gasteiger partial charge < -0.3 is 20.3 Å². The topological polar surface area (TPSA) is 79.4 Å². The van der Waals surface area contributed by atoms with Crippen molar-refractivity contribution in [2.45, 2.75) is 6.92 Å². The van der Waals surface area contributed by atoms with E-state index in [0.29, 0.717) is 24.7 Å². The van der Waals surface area contributed by atoms with Crippen LogP contribution >= 0.6 is 0 Å². The van der Waals surface area contributed by atoms with Crippen LogP contribution in [0.5, 0.6) is 0 Å². The number of aromatic nitrogens is 2. The lowest BCUT2D eigenvalue weighted by atomic mass is 10.0. The highest BCUT2D eigenvalue weighted by atomic mass is 16.5. The van der Waals surface area contributed by atoms with E-state index in [4.69, 9.17) is 4.74 Å². The maximum atomic E-state index is 12.7. The molecule has 0 saturated carbocycles. The van der Waals surface area contributed by atoms with E-state index >= 15 is 0 Å². The standard InChI is InChI=1S/C28H27N5O2/c1-20-19-26(32-28(29-20)33-15-17-35-18-16-33)30-24-11-13-25(14-12-24)31-27(34)23-9-7-22(8-10-23)21-5-3-2-4-6-21/h2-14,19H,15-18H2,1H3,(H,31,34)(H,29,30,32). The summed E-state index contributed by atoms with van der Waals surface area (Å²) in [5, 5.41) is 6.30. The lowest BCUT2D eigenvalue weighted by Crippen LogP contribution is -2.37. The maximum Gasteiger partial charge on any atom is 0.255 e. The Labute approximate surface area is 204 Å². The molecule has 0 spiro atoms. The second-order valence-corrected chi connectivity index (χ2v) is 8.39. The van der Waals surface area contributed by atoms with Crippen molar-refractivity contribution in [3.05, 3.63) is 96.2 Å². The molecule has 1 aliphatic rings. The van der Waals surface area contributed by atoms with E-state index in [2.05, 4.69) is 37.6 Å². The Kier molecular flexibility index (Phi) is 6.68. The van der Waals surface area contributed by atoms with Crippen molar-refractivity contribution in [3.8, 4) is 11.1 Å². The second kappa shape index (κ2) is 10.4. The van der Waals surface area contributed by atoms with Crippen molar-refractivity contribution < 1.29 is 9.53 Å². The van der Waals surface area contributed by atoms with Gasteiger partial charge in [-0.15, -0.1) is 0 Å². The summed E-state index contributed by atoms with van der Waals surface area (Å²) in [6, 6.07) is 27.2. The summed E-state index contributed by atoms with van der Waals surface area (Å²) >= 11 is 0. The summed E-state index contributed by atoms with van der Waals surface area (Å²) in [7, 11) is 0. The average molecular weight is 466 g/mol. The van der Waals surface area contributed by atoms with Crippen LogP contribution in [-0.4, -0.2) is 42.2 Å². The van der Waals surface area contributed by atoms with E-state index in [-0.39, 0.29) is 5.91 Å². The SMILES string of the molecule is Cc1cc(Nc2ccc(NC(=O)c3ccc(-c4ccccc4)cc3)cc2)nc(N2CCOCC2)n1. The molecule has 1 aromatic heterocycles. The van der Waals surface area contributed by atoms with Gasteiger partial charge in [0.05, 0.1) is 13.2 Å². The number of amides is 1. The molecule has 5 rings (SSSR count). The van der Waals surface area contributed by atoms with Crippen LogP contribution in [-0.2, 0) is 4.74 Å². The Hall–Kier alpha value is -4.23. The normalized spacial score (nSPS) is 13.3. The van der Waals surface area contributed by atoms with Gasteiger partial charge >= 0.3 is 0 Å². The Bertz CT molecular complexity index is 1290. The number of carbonyl (C=O) groups is 1. The minimum absolute atomic E-state index is 0.146. The Morgan fingerprint density at radius 3 is 2.20 bits per heavy atom. The fraction of sp³-hybridized carbons (Fsp3) is 0.179. The zero-order valence-corrected chi connectivity index (χ0v) is 19.6. The number of morpholine rings is 1. The van der Waals surface area contributed by atoms with Crippen molar-refractivity contribution in [1.29, 1.82) is 0 Å². The van der Waals surface area contributed by atoms with Gasteiger partial charge in [-0.05, 0) is 54.4 Å². The molecule has 2 heterocycles. The van der Waals surface area contributed by atoms with Crippen molar-refractivity contribution in [3.63, 3.8) is 0 Å². The molecule has 2 N–H and O–H groups in total. The van der Waals surface area contributed by atoms with E-state index in [9.17, 15) is 4.79 Å². The number of ether oxygens (including phenoxy) is 1. The van der Waals surface area contributed by atoms with Gasteiger partial charge in [-0.25, -0.2) is 4.98 Å². The van der Waals surface area contributed by atoms with Crippen LogP contribution in [0.1, 0.15) is 16.1 Å². The first-order valence-corrected chi connectivity index (χ1v) is 11.7. The van der Waals surface area contributed by atoms with E-state index in [1.165, 1.54) is 0 Å². The molecule has 7 heteroatoms. The molecular formula is C28H27N5O2. The first-order chi connectivity index (χ1) is 17.1. The molecule has 0 bridgehead atoms. The molecule has 0 unspecified atom stereocenters. The van der Waals surface area contributed by atoms with Crippen molar-refractivity contribution in [2.75, 3.05) is 41.8 Å². The fourth-order valence-electron chi connectivity index (χ4n) is 3.95. The summed E-state index contributed by atoms with van der Waals surface area (Å²) in [5.41, 5.74) is 5.31. The van der Waals surface area contributed by atoms with Crippen molar-refractivity contribution in [1.82, 2.24) is 9.97 Å².